The number of aromatic nitrogens is 2. The number of rotatable bonds is 6. The van der Waals surface area contributed by atoms with Gasteiger partial charge in [-0.1, -0.05) is 19.8 Å². The van der Waals surface area contributed by atoms with E-state index >= 15 is 0 Å². The normalized spacial score (nSPS) is 11.8. The Kier molecular flexibility index (Phi) is 4.61. The van der Waals surface area contributed by atoms with Crippen molar-refractivity contribution in [2.75, 3.05) is 31.0 Å². The van der Waals surface area contributed by atoms with Gasteiger partial charge in [0.2, 0.25) is 5.03 Å². The molecule has 0 unspecified atom stereocenters. The molecule has 1 rings (SSSR count). The molecule has 0 amide bonds. The van der Waals surface area contributed by atoms with Crippen molar-refractivity contribution < 1.29 is 8.42 Å². The van der Waals surface area contributed by atoms with Gasteiger partial charge in [-0.2, -0.15) is 5.10 Å². The summed E-state index contributed by atoms with van der Waals surface area (Å²) in [6.07, 6.45) is 4.27. The highest BCUT2D eigenvalue weighted by Crippen LogP contribution is 2.29. The zero-order valence-electron chi connectivity index (χ0n) is 11.5. The third kappa shape index (κ3) is 3.16. The van der Waals surface area contributed by atoms with Crippen LogP contribution in [-0.4, -0.2) is 38.5 Å². The summed E-state index contributed by atoms with van der Waals surface area (Å²) in [6, 6.07) is 0. The SMILES string of the molecule is CCCCCn1nc(S(C)(=O)=O)c(N(C)C)c1N. The standard InChI is InChI=1S/C11H22N4O2S/c1-5-6-7-8-15-10(12)9(14(2)3)11(13-15)18(4,16)17/h5-8,12H2,1-4H3. The Labute approximate surface area is 109 Å². The van der Waals surface area contributed by atoms with Gasteiger partial charge in [0.05, 0.1) is 0 Å². The highest BCUT2D eigenvalue weighted by Gasteiger charge is 2.24. The summed E-state index contributed by atoms with van der Waals surface area (Å²) in [6.45, 7) is 2.76. The second-order valence-corrected chi connectivity index (χ2v) is 6.57. The average molecular weight is 274 g/mol. The Hall–Kier alpha value is -1.24. The van der Waals surface area contributed by atoms with Crippen molar-refractivity contribution in [2.45, 2.75) is 37.8 Å². The Balaban J connectivity index is 3.16. The molecule has 0 aliphatic heterocycles. The van der Waals surface area contributed by atoms with Crippen LogP contribution in [0.1, 0.15) is 26.2 Å². The second-order valence-electron chi connectivity index (χ2n) is 4.64. The van der Waals surface area contributed by atoms with E-state index in [1.807, 2.05) is 0 Å². The topological polar surface area (TPSA) is 81.2 Å². The molecule has 6 nitrogen and oxygen atoms in total. The summed E-state index contributed by atoms with van der Waals surface area (Å²) < 4.78 is 25.0. The maximum atomic E-state index is 11.7. The number of anilines is 2. The minimum absolute atomic E-state index is 0.0569. The van der Waals surface area contributed by atoms with E-state index in [2.05, 4.69) is 12.0 Å². The number of nitrogen functional groups attached to an aromatic ring is 1. The lowest BCUT2D eigenvalue weighted by Crippen LogP contribution is -2.14. The summed E-state index contributed by atoms with van der Waals surface area (Å²) in [4.78, 5) is 1.69. The van der Waals surface area contributed by atoms with Gasteiger partial charge in [-0.25, -0.2) is 13.1 Å². The lowest BCUT2D eigenvalue weighted by Gasteiger charge is -2.12. The Morgan fingerprint density at radius 2 is 1.94 bits per heavy atom. The number of nitrogens with two attached hydrogens (primary N) is 1. The Morgan fingerprint density at radius 3 is 2.33 bits per heavy atom. The number of sulfone groups is 1. The fraction of sp³-hybridized carbons (Fsp3) is 0.727. The van der Waals surface area contributed by atoms with Crippen molar-refractivity contribution in [3.05, 3.63) is 0 Å². The van der Waals surface area contributed by atoms with Crippen molar-refractivity contribution in [2.24, 2.45) is 0 Å². The van der Waals surface area contributed by atoms with Crippen LogP contribution in [0.2, 0.25) is 0 Å². The van der Waals surface area contributed by atoms with E-state index < -0.39 is 9.84 Å². The van der Waals surface area contributed by atoms with Crippen molar-refractivity contribution in [3.63, 3.8) is 0 Å². The quantitative estimate of drug-likeness (QED) is 0.786. The van der Waals surface area contributed by atoms with Crippen molar-refractivity contribution in [3.8, 4) is 0 Å². The van der Waals surface area contributed by atoms with Crippen LogP contribution in [0.15, 0.2) is 5.03 Å². The van der Waals surface area contributed by atoms with Gasteiger partial charge < -0.3 is 10.6 Å². The van der Waals surface area contributed by atoms with Crippen LogP contribution in [0.3, 0.4) is 0 Å². The average Bonchev–Trinajstić information content (AvgIpc) is 2.56. The molecular formula is C11H22N4O2S. The molecule has 18 heavy (non-hydrogen) atoms. The molecule has 0 bridgehead atoms. The zero-order chi connectivity index (χ0) is 13.9. The highest BCUT2D eigenvalue weighted by atomic mass is 32.2. The Morgan fingerprint density at radius 1 is 1.33 bits per heavy atom. The fourth-order valence-electron chi connectivity index (χ4n) is 1.79. The van der Waals surface area contributed by atoms with Crippen molar-refractivity contribution in [1.29, 1.82) is 0 Å². The van der Waals surface area contributed by atoms with Gasteiger partial charge in [0, 0.05) is 26.9 Å². The molecule has 104 valence electrons. The van der Waals surface area contributed by atoms with Gasteiger partial charge in [0.15, 0.2) is 9.84 Å². The minimum atomic E-state index is -3.36. The monoisotopic (exact) mass is 274 g/mol. The van der Waals surface area contributed by atoms with Gasteiger partial charge in [-0.05, 0) is 6.42 Å². The van der Waals surface area contributed by atoms with E-state index in [1.165, 1.54) is 0 Å². The molecule has 7 heteroatoms. The number of hydrogen-bond acceptors (Lipinski definition) is 5. The number of nitrogens with zero attached hydrogens (tertiary/aromatic N) is 3. The van der Waals surface area contributed by atoms with Gasteiger partial charge >= 0.3 is 0 Å². The van der Waals surface area contributed by atoms with Crippen molar-refractivity contribution in [1.82, 2.24) is 9.78 Å². The van der Waals surface area contributed by atoms with E-state index in [0.29, 0.717) is 18.1 Å². The molecule has 1 aromatic rings. The van der Waals surface area contributed by atoms with Crippen LogP contribution in [0.4, 0.5) is 11.5 Å². The van der Waals surface area contributed by atoms with E-state index in [1.54, 1.807) is 23.7 Å². The third-order valence-electron chi connectivity index (χ3n) is 2.71. The molecule has 0 aromatic carbocycles. The summed E-state index contributed by atoms with van der Waals surface area (Å²) in [7, 11) is 0.160. The number of aryl methyl sites for hydroxylation is 1. The summed E-state index contributed by atoms with van der Waals surface area (Å²) in [5.41, 5.74) is 6.46. The van der Waals surface area contributed by atoms with Crippen LogP contribution < -0.4 is 10.6 Å². The van der Waals surface area contributed by atoms with Gasteiger partial charge in [-0.15, -0.1) is 0 Å². The van der Waals surface area contributed by atoms with Crippen LogP contribution >= 0.6 is 0 Å². The molecule has 1 heterocycles. The van der Waals surface area contributed by atoms with Crippen LogP contribution in [0.25, 0.3) is 0 Å². The van der Waals surface area contributed by atoms with Crippen LogP contribution in [0.5, 0.6) is 0 Å². The Bertz CT molecular complexity index is 505. The summed E-state index contributed by atoms with van der Waals surface area (Å²) in [5, 5.41) is 4.19. The van der Waals surface area contributed by atoms with Gasteiger partial charge in [-0.3, -0.25) is 0 Å². The first kappa shape index (κ1) is 14.8. The molecule has 0 spiro atoms. The third-order valence-corrected chi connectivity index (χ3v) is 3.68. The van der Waals surface area contributed by atoms with Gasteiger partial charge in [0.25, 0.3) is 0 Å². The molecule has 0 fully saturated rings. The van der Waals surface area contributed by atoms with E-state index in [4.69, 9.17) is 5.73 Å². The molecule has 1 aromatic heterocycles. The smallest absolute Gasteiger partial charge is 0.202 e. The minimum Gasteiger partial charge on any atom is -0.382 e. The van der Waals surface area contributed by atoms with E-state index in [9.17, 15) is 8.42 Å². The number of hydrogen-bond donors (Lipinski definition) is 1. The first-order valence-corrected chi connectivity index (χ1v) is 7.91. The lowest BCUT2D eigenvalue weighted by atomic mass is 10.2. The summed E-state index contributed by atoms with van der Waals surface area (Å²) in [5.74, 6) is 0.413. The molecule has 0 saturated heterocycles. The molecule has 0 saturated carbocycles. The highest BCUT2D eigenvalue weighted by molar-refractivity contribution is 7.90. The molecular weight excluding hydrogens is 252 g/mol. The predicted octanol–water partition coefficient (Wildman–Crippen LogP) is 1.12. The van der Waals surface area contributed by atoms with Gasteiger partial charge in [0.1, 0.15) is 11.5 Å². The second kappa shape index (κ2) is 5.60. The molecule has 0 aliphatic rings. The van der Waals surface area contributed by atoms with E-state index in [-0.39, 0.29) is 5.03 Å². The molecule has 0 atom stereocenters. The number of unbranched alkanes of at least 4 members (excludes halogenated alkanes) is 2. The molecule has 2 N–H and O–H groups in total. The molecule has 0 radical (unpaired) electrons. The maximum absolute atomic E-state index is 11.7. The predicted molar refractivity (Wildman–Crippen MR) is 73.6 cm³/mol. The lowest BCUT2D eigenvalue weighted by molar-refractivity contribution is 0.543. The van der Waals surface area contributed by atoms with Crippen LogP contribution in [0, 0.1) is 0 Å². The van der Waals surface area contributed by atoms with Crippen LogP contribution in [-0.2, 0) is 16.4 Å². The van der Waals surface area contributed by atoms with E-state index in [0.717, 1.165) is 25.5 Å². The first-order chi connectivity index (χ1) is 8.29. The maximum Gasteiger partial charge on any atom is 0.202 e. The molecule has 0 aliphatic carbocycles. The first-order valence-electron chi connectivity index (χ1n) is 6.02. The fourth-order valence-corrected chi connectivity index (χ4v) is 2.68. The largest absolute Gasteiger partial charge is 0.382 e. The summed E-state index contributed by atoms with van der Waals surface area (Å²) >= 11 is 0. The zero-order valence-corrected chi connectivity index (χ0v) is 12.3. The van der Waals surface area contributed by atoms with Crippen molar-refractivity contribution >= 4 is 21.3 Å².